The molecule has 0 fully saturated rings. The van der Waals surface area contributed by atoms with E-state index >= 15 is 0 Å². The quantitative estimate of drug-likeness (QED) is 0.824. The van der Waals surface area contributed by atoms with Gasteiger partial charge in [0.2, 0.25) is 5.91 Å². The van der Waals surface area contributed by atoms with Crippen LogP contribution in [0.4, 0.5) is 0 Å². The van der Waals surface area contributed by atoms with Crippen LogP contribution in [0.3, 0.4) is 0 Å². The summed E-state index contributed by atoms with van der Waals surface area (Å²) in [7, 11) is 0. The van der Waals surface area contributed by atoms with Crippen molar-refractivity contribution in [3.8, 4) is 0 Å². The van der Waals surface area contributed by atoms with Gasteiger partial charge in [0.15, 0.2) is 0 Å². The molecule has 0 spiro atoms. The predicted octanol–water partition coefficient (Wildman–Crippen LogP) is 3.16. The number of nitrogens with one attached hydrogen (secondary N) is 1. The number of aliphatic hydroxyl groups is 1. The van der Waals surface area contributed by atoms with E-state index in [1.165, 1.54) is 0 Å². The van der Waals surface area contributed by atoms with Crippen molar-refractivity contribution in [3.05, 3.63) is 70.7 Å². The van der Waals surface area contributed by atoms with Crippen LogP contribution in [0.25, 0.3) is 0 Å². The molecule has 0 aliphatic rings. The summed E-state index contributed by atoms with van der Waals surface area (Å²) in [5, 5.41) is 12.8. The fourth-order valence-corrected chi connectivity index (χ4v) is 2.61. The maximum atomic E-state index is 12.0. The summed E-state index contributed by atoms with van der Waals surface area (Å²) in [6.45, 7) is 0.619. The summed E-state index contributed by atoms with van der Waals surface area (Å²) in [6, 6.07) is 17.2. The number of hydrogen-bond acceptors (Lipinski definition) is 2. The Hall–Kier alpha value is -1.84. The van der Waals surface area contributed by atoms with Gasteiger partial charge in [0.25, 0.3) is 0 Å². The molecule has 2 aromatic carbocycles. The van der Waals surface area contributed by atoms with E-state index in [1.807, 2.05) is 42.5 Å². The zero-order valence-corrected chi connectivity index (χ0v) is 13.1. The normalized spacial score (nSPS) is 11.9. The van der Waals surface area contributed by atoms with Crippen LogP contribution in [0, 0.1) is 0 Å². The number of benzene rings is 2. The summed E-state index contributed by atoms with van der Waals surface area (Å²) >= 11 is 5.92. The summed E-state index contributed by atoms with van der Waals surface area (Å²) in [6.07, 6.45) is 0.933. The highest BCUT2D eigenvalue weighted by Gasteiger charge is 2.12. The van der Waals surface area contributed by atoms with Crippen LogP contribution in [0.1, 0.15) is 23.5 Å². The Labute approximate surface area is 135 Å². The number of hydrogen-bond donors (Lipinski definition) is 2. The lowest BCUT2D eigenvalue weighted by Crippen LogP contribution is -2.30. The summed E-state index contributed by atoms with van der Waals surface area (Å²) in [4.78, 5) is 12.0. The molecular formula is C18H20ClNO2. The van der Waals surface area contributed by atoms with E-state index < -0.39 is 0 Å². The van der Waals surface area contributed by atoms with Gasteiger partial charge in [-0.25, -0.2) is 0 Å². The molecule has 1 atom stereocenters. The minimum Gasteiger partial charge on any atom is -0.396 e. The second-order valence-corrected chi connectivity index (χ2v) is 5.67. The molecule has 2 rings (SSSR count). The SMILES string of the molecule is O=C(Cc1cccc(Cl)c1)NCC(CCO)c1ccccc1. The van der Waals surface area contributed by atoms with Crippen molar-refractivity contribution in [2.24, 2.45) is 0 Å². The highest BCUT2D eigenvalue weighted by molar-refractivity contribution is 6.30. The van der Waals surface area contributed by atoms with Crippen LogP contribution in [0.15, 0.2) is 54.6 Å². The van der Waals surface area contributed by atoms with Gasteiger partial charge in [-0.3, -0.25) is 4.79 Å². The fraction of sp³-hybridized carbons (Fsp3) is 0.278. The van der Waals surface area contributed by atoms with Crippen LogP contribution in [0.5, 0.6) is 0 Å². The number of halogens is 1. The van der Waals surface area contributed by atoms with E-state index in [4.69, 9.17) is 11.6 Å². The zero-order valence-electron chi connectivity index (χ0n) is 12.3. The van der Waals surface area contributed by atoms with Crippen molar-refractivity contribution >= 4 is 17.5 Å². The molecule has 0 saturated heterocycles. The number of rotatable bonds is 7. The summed E-state index contributed by atoms with van der Waals surface area (Å²) in [5.41, 5.74) is 2.02. The standard InChI is InChI=1S/C18H20ClNO2/c19-17-8-4-5-14(11-17)12-18(22)20-13-16(9-10-21)15-6-2-1-3-7-15/h1-8,11,16,21H,9-10,12-13H2,(H,20,22). The summed E-state index contributed by atoms with van der Waals surface area (Å²) in [5.74, 6) is 0.0793. The minimum absolute atomic E-state index is 0.0406. The highest BCUT2D eigenvalue weighted by atomic mass is 35.5. The molecule has 2 N–H and O–H groups in total. The lowest BCUT2D eigenvalue weighted by atomic mass is 9.96. The maximum Gasteiger partial charge on any atom is 0.224 e. The van der Waals surface area contributed by atoms with Gasteiger partial charge < -0.3 is 10.4 Å². The first kappa shape index (κ1) is 16.5. The van der Waals surface area contributed by atoms with E-state index in [-0.39, 0.29) is 18.4 Å². The molecule has 1 amide bonds. The largest absolute Gasteiger partial charge is 0.396 e. The lowest BCUT2D eigenvalue weighted by Gasteiger charge is -2.17. The average Bonchev–Trinajstić information content (AvgIpc) is 2.52. The van der Waals surface area contributed by atoms with Crippen molar-refractivity contribution in [2.75, 3.05) is 13.2 Å². The Morgan fingerprint density at radius 1 is 1.14 bits per heavy atom. The number of carbonyl (C=O) groups is 1. The molecular weight excluding hydrogens is 298 g/mol. The molecule has 0 saturated carbocycles. The third kappa shape index (κ3) is 5.17. The molecule has 2 aromatic rings. The molecule has 4 heteroatoms. The number of carbonyl (C=O) groups excluding carboxylic acids is 1. The van der Waals surface area contributed by atoms with Gasteiger partial charge in [-0.15, -0.1) is 0 Å². The van der Waals surface area contributed by atoms with Gasteiger partial charge >= 0.3 is 0 Å². The molecule has 0 heterocycles. The number of aliphatic hydroxyl groups excluding tert-OH is 1. The first-order valence-electron chi connectivity index (χ1n) is 7.36. The fourth-order valence-electron chi connectivity index (χ4n) is 2.40. The smallest absolute Gasteiger partial charge is 0.224 e. The number of amides is 1. The maximum absolute atomic E-state index is 12.0. The Bertz CT molecular complexity index is 601. The molecule has 116 valence electrons. The van der Waals surface area contributed by atoms with Crippen LogP contribution in [0.2, 0.25) is 5.02 Å². The van der Waals surface area contributed by atoms with Crippen molar-refractivity contribution < 1.29 is 9.90 Å². The molecule has 3 nitrogen and oxygen atoms in total. The van der Waals surface area contributed by atoms with Crippen LogP contribution < -0.4 is 5.32 Å². The molecule has 0 radical (unpaired) electrons. The molecule has 0 aliphatic carbocycles. The van der Waals surface area contributed by atoms with E-state index in [2.05, 4.69) is 5.32 Å². The zero-order chi connectivity index (χ0) is 15.8. The molecule has 0 aliphatic heterocycles. The Balaban J connectivity index is 1.90. The minimum atomic E-state index is -0.0406. The van der Waals surface area contributed by atoms with Gasteiger partial charge in [-0.1, -0.05) is 54.1 Å². The van der Waals surface area contributed by atoms with Crippen molar-refractivity contribution in [2.45, 2.75) is 18.8 Å². The first-order valence-corrected chi connectivity index (χ1v) is 7.74. The molecule has 0 bridgehead atoms. The highest BCUT2D eigenvalue weighted by Crippen LogP contribution is 2.18. The van der Waals surface area contributed by atoms with Crippen molar-refractivity contribution in [1.82, 2.24) is 5.32 Å². The summed E-state index contributed by atoms with van der Waals surface area (Å²) < 4.78 is 0. The van der Waals surface area contributed by atoms with E-state index in [9.17, 15) is 9.90 Å². The second-order valence-electron chi connectivity index (χ2n) is 5.23. The molecule has 22 heavy (non-hydrogen) atoms. The average molecular weight is 318 g/mol. The van der Waals surface area contributed by atoms with Gasteiger partial charge in [0.1, 0.15) is 0 Å². The monoisotopic (exact) mass is 317 g/mol. The van der Waals surface area contributed by atoms with E-state index in [0.717, 1.165) is 11.1 Å². The Kier molecular flexibility index (Phi) is 6.44. The van der Waals surface area contributed by atoms with E-state index in [1.54, 1.807) is 12.1 Å². The molecule has 1 unspecified atom stereocenters. The van der Waals surface area contributed by atoms with Gasteiger partial charge in [0.05, 0.1) is 6.42 Å². The second kappa shape index (κ2) is 8.57. The third-order valence-corrected chi connectivity index (χ3v) is 3.78. The Morgan fingerprint density at radius 3 is 2.59 bits per heavy atom. The van der Waals surface area contributed by atoms with Crippen LogP contribution in [-0.4, -0.2) is 24.2 Å². The Morgan fingerprint density at radius 2 is 1.91 bits per heavy atom. The van der Waals surface area contributed by atoms with E-state index in [0.29, 0.717) is 24.4 Å². The van der Waals surface area contributed by atoms with Gasteiger partial charge in [0, 0.05) is 24.1 Å². The van der Waals surface area contributed by atoms with Gasteiger partial charge in [-0.05, 0) is 29.7 Å². The topological polar surface area (TPSA) is 49.3 Å². The van der Waals surface area contributed by atoms with Crippen LogP contribution >= 0.6 is 11.6 Å². The first-order chi connectivity index (χ1) is 10.7. The van der Waals surface area contributed by atoms with Gasteiger partial charge in [-0.2, -0.15) is 0 Å². The molecule has 0 aromatic heterocycles. The predicted molar refractivity (Wildman–Crippen MR) is 89.1 cm³/mol. The van der Waals surface area contributed by atoms with Crippen molar-refractivity contribution in [3.63, 3.8) is 0 Å². The van der Waals surface area contributed by atoms with Crippen LogP contribution in [-0.2, 0) is 11.2 Å². The van der Waals surface area contributed by atoms with Crippen molar-refractivity contribution in [1.29, 1.82) is 0 Å². The lowest BCUT2D eigenvalue weighted by molar-refractivity contribution is -0.120. The third-order valence-electron chi connectivity index (χ3n) is 3.55.